The summed E-state index contributed by atoms with van der Waals surface area (Å²) in [4.78, 5) is 10.8. The molecular formula is C23H24ClN5OS. The number of nitrogens with one attached hydrogen (secondary N) is 2. The first kappa shape index (κ1) is 21.3. The second-order valence-corrected chi connectivity index (χ2v) is 8.25. The molecule has 1 aromatic carbocycles. The number of halogens is 1. The van der Waals surface area contributed by atoms with Crippen LogP contribution in [0.4, 0.5) is 11.5 Å². The van der Waals surface area contributed by atoms with Gasteiger partial charge in [-0.2, -0.15) is 0 Å². The number of piperidine rings is 1. The van der Waals surface area contributed by atoms with Crippen molar-refractivity contribution in [3.05, 3.63) is 71.6 Å². The second-order valence-electron chi connectivity index (χ2n) is 7.46. The predicted molar refractivity (Wildman–Crippen MR) is 129 cm³/mol. The van der Waals surface area contributed by atoms with Gasteiger partial charge in [-0.1, -0.05) is 29.3 Å². The van der Waals surface area contributed by atoms with Gasteiger partial charge in [0, 0.05) is 37.6 Å². The molecule has 3 heterocycles. The number of anilines is 2. The topological polar surface area (TPSA) is 62.3 Å². The molecule has 0 unspecified atom stereocenters. The van der Waals surface area contributed by atoms with E-state index in [1.807, 2.05) is 43.3 Å². The lowest BCUT2D eigenvalue weighted by Gasteiger charge is -2.34. The van der Waals surface area contributed by atoms with Gasteiger partial charge in [-0.3, -0.25) is 4.98 Å². The summed E-state index contributed by atoms with van der Waals surface area (Å²) < 4.78 is 5.98. The van der Waals surface area contributed by atoms with Crippen LogP contribution in [0.15, 0.2) is 61.1 Å². The smallest absolute Gasteiger partial charge is 0.171 e. The quantitative estimate of drug-likeness (QED) is 0.515. The molecule has 0 atom stereocenters. The number of pyridine rings is 2. The number of aryl methyl sites for hydroxylation is 1. The molecule has 6 nitrogen and oxygen atoms in total. The van der Waals surface area contributed by atoms with E-state index in [1.54, 1.807) is 24.7 Å². The van der Waals surface area contributed by atoms with Crippen molar-refractivity contribution in [1.82, 2.24) is 15.3 Å². The van der Waals surface area contributed by atoms with E-state index >= 15 is 0 Å². The van der Waals surface area contributed by atoms with Gasteiger partial charge in [0.1, 0.15) is 10.8 Å². The summed E-state index contributed by atoms with van der Waals surface area (Å²) in [5, 5.41) is 7.70. The van der Waals surface area contributed by atoms with Crippen LogP contribution >= 0.6 is 23.8 Å². The number of aromatic nitrogens is 2. The average Bonchev–Trinajstić information content (AvgIpc) is 2.78. The van der Waals surface area contributed by atoms with Gasteiger partial charge in [-0.05, 0) is 56.2 Å². The van der Waals surface area contributed by atoms with Crippen LogP contribution in [0.1, 0.15) is 18.4 Å². The molecule has 0 spiro atoms. The Kier molecular flexibility index (Phi) is 6.84. The third-order valence-electron chi connectivity index (χ3n) is 5.13. The fourth-order valence-electron chi connectivity index (χ4n) is 3.47. The van der Waals surface area contributed by atoms with Gasteiger partial charge in [-0.25, -0.2) is 4.98 Å². The molecule has 1 aliphatic rings. The SMILES string of the molecule is Cc1ccc(Oc2ccnc(N3CCC(NC(=S)Nc4cccnc4)CC3)c2Cl)cc1. The zero-order valence-corrected chi connectivity index (χ0v) is 18.8. The molecule has 1 saturated heterocycles. The van der Waals surface area contributed by atoms with Crippen LogP contribution in [0.5, 0.6) is 11.5 Å². The van der Waals surface area contributed by atoms with Crippen molar-refractivity contribution in [2.45, 2.75) is 25.8 Å². The first-order valence-electron chi connectivity index (χ1n) is 10.2. The Bertz CT molecular complexity index is 1020. The lowest BCUT2D eigenvalue weighted by molar-refractivity contribution is 0.462. The number of hydrogen-bond acceptors (Lipinski definition) is 5. The average molecular weight is 454 g/mol. The summed E-state index contributed by atoms with van der Waals surface area (Å²) in [5.41, 5.74) is 2.05. The maximum Gasteiger partial charge on any atom is 0.171 e. The Morgan fingerprint density at radius 2 is 1.90 bits per heavy atom. The van der Waals surface area contributed by atoms with Gasteiger partial charge in [0.05, 0.1) is 11.9 Å². The van der Waals surface area contributed by atoms with E-state index in [-0.39, 0.29) is 0 Å². The molecule has 1 fully saturated rings. The van der Waals surface area contributed by atoms with E-state index in [0.29, 0.717) is 21.9 Å². The fraction of sp³-hybridized carbons (Fsp3) is 0.261. The highest BCUT2D eigenvalue weighted by Gasteiger charge is 2.23. The van der Waals surface area contributed by atoms with Crippen LogP contribution in [-0.2, 0) is 0 Å². The molecule has 160 valence electrons. The van der Waals surface area contributed by atoms with Crippen molar-refractivity contribution in [2.75, 3.05) is 23.3 Å². The highest BCUT2D eigenvalue weighted by atomic mass is 35.5. The second kappa shape index (κ2) is 9.94. The molecule has 0 saturated carbocycles. The Morgan fingerprint density at radius 3 is 2.61 bits per heavy atom. The first-order chi connectivity index (χ1) is 15.1. The number of benzene rings is 1. The van der Waals surface area contributed by atoms with Crippen molar-refractivity contribution >= 4 is 40.4 Å². The van der Waals surface area contributed by atoms with Gasteiger partial charge >= 0.3 is 0 Å². The van der Waals surface area contributed by atoms with Crippen molar-refractivity contribution in [1.29, 1.82) is 0 Å². The van der Waals surface area contributed by atoms with Gasteiger partial charge < -0.3 is 20.3 Å². The number of hydrogen-bond donors (Lipinski definition) is 2. The van der Waals surface area contributed by atoms with E-state index in [9.17, 15) is 0 Å². The van der Waals surface area contributed by atoms with Crippen LogP contribution < -0.4 is 20.3 Å². The maximum absolute atomic E-state index is 6.65. The number of nitrogens with zero attached hydrogens (tertiary/aromatic N) is 3. The van der Waals surface area contributed by atoms with Gasteiger partial charge in [0.15, 0.2) is 16.7 Å². The molecular weight excluding hydrogens is 430 g/mol. The number of thiocarbonyl (C=S) groups is 1. The van der Waals surface area contributed by atoms with Crippen LogP contribution in [0, 0.1) is 6.92 Å². The van der Waals surface area contributed by atoms with Crippen LogP contribution in [0.25, 0.3) is 0 Å². The minimum atomic E-state index is 0.290. The zero-order chi connectivity index (χ0) is 21.6. The standard InChI is InChI=1S/C23H24ClN5OS/c1-16-4-6-19(7-5-16)30-20-8-12-26-22(21(20)24)29-13-9-17(10-14-29)27-23(31)28-18-3-2-11-25-15-18/h2-8,11-12,15,17H,9-10,13-14H2,1H3,(H2,27,28,31). The molecule has 31 heavy (non-hydrogen) atoms. The third-order valence-corrected chi connectivity index (χ3v) is 5.71. The lowest BCUT2D eigenvalue weighted by atomic mass is 10.1. The normalized spacial score (nSPS) is 14.2. The van der Waals surface area contributed by atoms with Crippen LogP contribution in [0.2, 0.25) is 5.02 Å². The van der Waals surface area contributed by atoms with Crippen molar-refractivity contribution in [3.63, 3.8) is 0 Å². The molecule has 0 amide bonds. The summed E-state index contributed by atoms with van der Waals surface area (Å²) in [5.74, 6) is 2.11. The predicted octanol–water partition coefficient (Wildman–Crippen LogP) is 5.19. The van der Waals surface area contributed by atoms with Gasteiger partial charge in [0.2, 0.25) is 0 Å². The first-order valence-corrected chi connectivity index (χ1v) is 11.0. The van der Waals surface area contributed by atoms with Crippen molar-refractivity contribution < 1.29 is 4.74 Å². The molecule has 4 rings (SSSR count). The largest absolute Gasteiger partial charge is 0.456 e. The van der Waals surface area contributed by atoms with E-state index in [1.165, 1.54) is 5.56 Å². The summed E-state index contributed by atoms with van der Waals surface area (Å²) in [6.45, 7) is 3.70. The number of ether oxygens (including phenoxy) is 1. The summed E-state index contributed by atoms with van der Waals surface area (Å²) >= 11 is 12.1. The minimum Gasteiger partial charge on any atom is -0.456 e. The minimum absolute atomic E-state index is 0.290. The Morgan fingerprint density at radius 1 is 1.13 bits per heavy atom. The van der Waals surface area contributed by atoms with Crippen LogP contribution in [-0.4, -0.2) is 34.2 Å². The van der Waals surface area contributed by atoms with E-state index in [2.05, 4.69) is 25.5 Å². The van der Waals surface area contributed by atoms with Gasteiger partial charge in [0.25, 0.3) is 0 Å². The van der Waals surface area contributed by atoms with E-state index in [0.717, 1.165) is 43.2 Å². The molecule has 0 aliphatic carbocycles. The van der Waals surface area contributed by atoms with Crippen molar-refractivity contribution in [2.24, 2.45) is 0 Å². The van der Waals surface area contributed by atoms with E-state index in [4.69, 9.17) is 28.6 Å². The maximum atomic E-state index is 6.65. The molecule has 3 aromatic rings. The van der Waals surface area contributed by atoms with Crippen LogP contribution in [0.3, 0.4) is 0 Å². The molecule has 2 aromatic heterocycles. The molecule has 8 heteroatoms. The Hall–Kier alpha value is -2.90. The lowest BCUT2D eigenvalue weighted by Crippen LogP contribution is -2.46. The summed E-state index contributed by atoms with van der Waals surface area (Å²) in [6.07, 6.45) is 7.07. The highest BCUT2D eigenvalue weighted by molar-refractivity contribution is 7.80. The summed E-state index contributed by atoms with van der Waals surface area (Å²) in [6, 6.07) is 13.8. The Balaban J connectivity index is 1.34. The summed E-state index contributed by atoms with van der Waals surface area (Å²) in [7, 11) is 0. The van der Waals surface area contributed by atoms with Crippen molar-refractivity contribution in [3.8, 4) is 11.5 Å². The highest BCUT2D eigenvalue weighted by Crippen LogP contribution is 2.36. The molecule has 0 radical (unpaired) electrons. The Labute approximate surface area is 192 Å². The molecule has 0 bridgehead atoms. The van der Waals surface area contributed by atoms with Gasteiger partial charge in [-0.15, -0.1) is 0 Å². The fourth-order valence-corrected chi connectivity index (χ4v) is 4.03. The molecule has 2 N–H and O–H groups in total. The van der Waals surface area contributed by atoms with E-state index < -0.39 is 0 Å². The third kappa shape index (κ3) is 5.62. The number of rotatable bonds is 5. The monoisotopic (exact) mass is 453 g/mol. The molecule has 1 aliphatic heterocycles. The zero-order valence-electron chi connectivity index (χ0n) is 17.2.